The van der Waals surface area contributed by atoms with Gasteiger partial charge in [-0.05, 0) is 37.0 Å². The number of nitrogens with one attached hydrogen (secondary N) is 2. The maximum Gasteiger partial charge on any atom is 0.330 e. The molecular formula is C25H29N5O3. The molecule has 0 spiro atoms. The van der Waals surface area contributed by atoms with E-state index in [-0.39, 0.29) is 11.8 Å². The molecule has 3 aromatic rings. The molecule has 1 aromatic heterocycles. The third kappa shape index (κ3) is 3.82. The first-order valence-corrected chi connectivity index (χ1v) is 11.0. The lowest BCUT2D eigenvalue weighted by Crippen LogP contribution is -2.54. The van der Waals surface area contributed by atoms with Gasteiger partial charge < -0.3 is 15.2 Å². The van der Waals surface area contributed by atoms with E-state index >= 15 is 0 Å². The highest BCUT2D eigenvalue weighted by Gasteiger charge is 2.45. The fourth-order valence-corrected chi connectivity index (χ4v) is 4.85. The van der Waals surface area contributed by atoms with Gasteiger partial charge in [-0.25, -0.2) is 10.2 Å². The summed E-state index contributed by atoms with van der Waals surface area (Å²) in [5.41, 5.74) is 14.2. The molecule has 0 saturated carbocycles. The second-order valence-corrected chi connectivity index (χ2v) is 8.90. The van der Waals surface area contributed by atoms with Gasteiger partial charge in [0, 0.05) is 34.8 Å². The molecule has 0 bridgehead atoms. The number of hydrogen-bond donors (Lipinski definition) is 3. The number of aromatic nitrogens is 1. The fraction of sp³-hybridized carbons (Fsp3) is 0.320. The van der Waals surface area contributed by atoms with Crippen molar-refractivity contribution in [1.29, 1.82) is 0 Å². The minimum Gasteiger partial charge on any atom is -0.350 e. The SMILES string of the molecule is Cc1c(C2c3ccccc3C(=O)N2C(CC(C)C)C(=O)NNC(N)=O)c2ccccc2n1C. The number of carbonyl (C=O) groups is 3. The predicted octanol–water partition coefficient (Wildman–Crippen LogP) is 3.15. The number of amides is 4. The molecule has 1 aliphatic rings. The first-order chi connectivity index (χ1) is 15.7. The molecule has 8 nitrogen and oxygen atoms in total. The smallest absolute Gasteiger partial charge is 0.330 e. The Bertz CT molecular complexity index is 1250. The number of para-hydroxylation sites is 1. The first kappa shape index (κ1) is 22.4. The van der Waals surface area contributed by atoms with Crippen LogP contribution in [0.15, 0.2) is 48.5 Å². The van der Waals surface area contributed by atoms with E-state index in [4.69, 9.17) is 5.73 Å². The number of benzene rings is 2. The van der Waals surface area contributed by atoms with Crippen molar-refractivity contribution in [1.82, 2.24) is 20.3 Å². The largest absolute Gasteiger partial charge is 0.350 e. The van der Waals surface area contributed by atoms with E-state index in [1.165, 1.54) is 0 Å². The van der Waals surface area contributed by atoms with Crippen LogP contribution in [0.5, 0.6) is 0 Å². The number of carbonyl (C=O) groups excluding carboxylic acids is 3. The molecule has 0 radical (unpaired) electrons. The molecule has 2 unspecified atom stereocenters. The standard InChI is InChI=1S/C25H29N5O3/c1-14(2)13-20(23(31)27-28-25(26)33)30-22(16-9-5-6-10-17(16)24(30)32)21-15(3)29(4)19-12-8-7-11-18(19)21/h5-12,14,20,22H,13H2,1-4H3,(H,27,31)(H3,26,28,33). The lowest BCUT2D eigenvalue weighted by molar-refractivity contribution is -0.127. The highest BCUT2D eigenvalue weighted by Crippen LogP contribution is 2.45. The number of hydrazine groups is 1. The van der Waals surface area contributed by atoms with Crippen LogP contribution >= 0.6 is 0 Å². The molecule has 2 aromatic carbocycles. The van der Waals surface area contributed by atoms with Crippen molar-refractivity contribution < 1.29 is 14.4 Å². The van der Waals surface area contributed by atoms with E-state index < -0.39 is 24.0 Å². The summed E-state index contributed by atoms with van der Waals surface area (Å²) in [7, 11) is 2.00. The van der Waals surface area contributed by atoms with Crippen LogP contribution in [-0.4, -0.2) is 33.4 Å². The van der Waals surface area contributed by atoms with Gasteiger partial charge in [-0.2, -0.15) is 0 Å². The average molecular weight is 448 g/mol. The maximum atomic E-state index is 13.7. The Morgan fingerprint density at radius 3 is 2.42 bits per heavy atom. The van der Waals surface area contributed by atoms with Crippen LogP contribution in [0.4, 0.5) is 4.79 Å². The molecule has 4 rings (SSSR count). The molecule has 1 aliphatic heterocycles. The number of nitrogens with zero attached hydrogens (tertiary/aromatic N) is 2. The molecule has 4 N–H and O–H groups in total. The van der Waals surface area contributed by atoms with Crippen molar-refractivity contribution in [2.24, 2.45) is 18.7 Å². The highest BCUT2D eigenvalue weighted by atomic mass is 16.2. The number of aryl methyl sites for hydroxylation is 1. The Labute approximate surface area is 192 Å². The Morgan fingerprint density at radius 2 is 1.73 bits per heavy atom. The normalized spacial score (nSPS) is 16.2. The molecule has 33 heavy (non-hydrogen) atoms. The van der Waals surface area contributed by atoms with Gasteiger partial charge in [0.15, 0.2) is 0 Å². The van der Waals surface area contributed by atoms with Crippen molar-refractivity contribution in [3.63, 3.8) is 0 Å². The van der Waals surface area contributed by atoms with Crippen molar-refractivity contribution in [2.45, 2.75) is 39.3 Å². The Hall–Kier alpha value is -3.81. The van der Waals surface area contributed by atoms with E-state index in [1.807, 2.05) is 70.3 Å². The summed E-state index contributed by atoms with van der Waals surface area (Å²) in [5, 5.41) is 1.04. The van der Waals surface area contributed by atoms with E-state index in [0.29, 0.717) is 12.0 Å². The molecule has 2 heterocycles. The van der Waals surface area contributed by atoms with Gasteiger partial charge in [0.25, 0.3) is 11.8 Å². The Morgan fingerprint density at radius 1 is 1.06 bits per heavy atom. The topological polar surface area (TPSA) is 109 Å². The molecule has 0 fully saturated rings. The summed E-state index contributed by atoms with van der Waals surface area (Å²) >= 11 is 0. The number of rotatable bonds is 5. The second kappa shape index (κ2) is 8.61. The number of fused-ring (bicyclic) bond motifs is 2. The zero-order valence-electron chi connectivity index (χ0n) is 19.3. The minimum atomic E-state index is -0.871. The third-order valence-corrected chi connectivity index (χ3v) is 6.36. The number of nitrogens with two attached hydrogens (primary N) is 1. The molecule has 4 amide bonds. The van der Waals surface area contributed by atoms with Crippen LogP contribution in [0.25, 0.3) is 10.9 Å². The molecule has 2 atom stereocenters. The van der Waals surface area contributed by atoms with Crippen LogP contribution in [0.2, 0.25) is 0 Å². The maximum absolute atomic E-state index is 13.7. The summed E-state index contributed by atoms with van der Waals surface area (Å²) in [6.07, 6.45) is 0.423. The van der Waals surface area contributed by atoms with Gasteiger partial charge in [-0.15, -0.1) is 0 Å². The van der Waals surface area contributed by atoms with Crippen LogP contribution in [-0.2, 0) is 11.8 Å². The zero-order valence-corrected chi connectivity index (χ0v) is 19.3. The van der Waals surface area contributed by atoms with Gasteiger partial charge >= 0.3 is 6.03 Å². The van der Waals surface area contributed by atoms with E-state index in [0.717, 1.165) is 27.7 Å². The van der Waals surface area contributed by atoms with Crippen LogP contribution in [0, 0.1) is 12.8 Å². The second-order valence-electron chi connectivity index (χ2n) is 8.90. The van der Waals surface area contributed by atoms with Crippen LogP contribution in [0.3, 0.4) is 0 Å². The molecular weight excluding hydrogens is 418 g/mol. The van der Waals surface area contributed by atoms with E-state index in [9.17, 15) is 14.4 Å². The number of urea groups is 1. The molecule has 0 aliphatic carbocycles. The quantitative estimate of drug-likeness (QED) is 0.523. The monoisotopic (exact) mass is 447 g/mol. The third-order valence-electron chi connectivity index (χ3n) is 6.36. The van der Waals surface area contributed by atoms with Crippen LogP contribution < -0.4 is 16.6 Å². The summed E-state index contributed by atoms with van der Waals surface area (Å²) in [4.78, 5) is 39.8. The van der Waals surface area contributed by atoms with E-state index in [2.05, 4.69) is 15.4 Å². The number of hydrogen-bond acceptors (Lipinski definition) is 3. The molecule has 8 heteroatoms. The summed E-state index contributed by atoms with van der Waals surface area (Å²) in [6, 6.07) is 13.4. The highest BCUT2D eigenvalue weighted by molar-refractivity contribution is 6.03. The van der Waals surface area contributed by atoms with Crippen molar-refractivity contribution in [2.75, 3.05) is 0 Å². The summed E-state index contributed by atoms with van der Waals surface area (Å²) < 4.78 is 2.11. The van der Waals surface area contributed by atoms with Gasteiger partial charge in [0.2, 0.25) is 0 Å². The molecule has 172 valence electrons. The first-order valence-electron chi connectivity index (χ1n) is 11.0. The van der Waals surface area contributed by atoms with Crippen LogP contribution in [0.1, 0.15) is 53.5 Å². The Balaban J connectivity index is 1.91. The zero-order chi connectivity index (χ0) is 23.9. The fourth-order valence-electron chi connectivity index (χ4n) is 4.85. The number of primary amides is 1. The van der Waals surface area contributed by atoms with Gasteiger partial charge in [-0.1, -0.05) is 50.2 Å². The molecule has 0 saturated heterocycles. The average Bonchev–Trinajstić information content (AvgIpc) is 3.21. The van der Waals surface area contributed by atoms with Gasteiger partial charge in [0.1, 0.15) is 6.04 Å². The summed E-state index contributed by atoms with van der Waals surface area (Å²) in [6.45, 7) is 6.02. The van der Waals surface area contributed by atoms with E-state index in [1.54, 1.807) is 11.0 Å². The summed E-state index contributed by atoms with van der Waals surface area (Å²) in [5.74, 6) is -0.561. The van der Waals surface area contributed by atoms with Gasteiger partial charge in [-0.3, -0.25) is 15.0 Å². The van der Waals surface area contributed by atoms with Crippen molar-refractivity contribution >= 4 is 28.7 Å². The Kier molecular flexibility index (Phi) is 5.84. The minimum absolute atomic E-state index is 0.125. The lowest BCUT2D eigenvalue weighted by Gasteiger charge is -2.34. The van der Waals surface area contributed by atoms with Crippen molar-refractivity contribution in [3.8, 4) is 0 Å². The predicted molar refractivity (Wildman–Crippen MR) is 126 cm³/mol. The lowest BCUT2D eigenvalue weighted by atomic mass is 9.93. The van der Waals surface area contributed by atoms with Gasteiger partial charge in [0.05, 0.1) is 6.04 Å². The van der Waals surface area contributed by atoms with Crippen molar-refractivity contribution in [3.05, 3.63) is 70.9 Å².